The van der Waals surface area contributed by atoms with Gasteiger partial charge in [0.1, 0.15) is 5.78 Å². The zero-order valence-corrected chi connectivity index (χ0v) is 6.26. The van der Waals surface area contributed by atoms with Crippen LogP contribution in [0.5, 0.6) is 0 Å². The number of nitrogens with one attached hydrogen (secondary N) is 1. The molecular weight excluding hydrogens is 130 g/mol. The average Bonchev–Trinajstić information content (AvgIpc) is 1.88. The van der Waals surface area contributed by atoms with E-state index in [-0.39, 0.29) is 11.8 Å². The number of rotatable bonds is 5. The molecule has 0 saturated heterocycles. The van der Waals surface area contributed by atoms with Crippen LogP contribution in [0.4, 0.5) is 0 Å². The van der Waals surface area contributed by atoms with Gasteiger partial charge in [-0.05, 0) is 6.92 Å². The second-order valence-corrected chi connectivity index (χ2v) is 2.21. The maximum atomic E-state index is 10.5. The van der Waals surface area contributed by atoms with Crippen LogP contribution >= 0.6 is 0 Å². The van der Waals surface area contributed by atoms with Crippen LogP contribution in [0.15, 0.2) is 0 Å². The lowest BCUT2D eigenvalue weighted by Gasteiger charge is -2.07. The van der Waals surface area contributed by atoms with Gasteiger partial charge in [0.05, 0.1) is 6.04 Å². The van der Waals surface area contributed by atoms with Crippen LogP contribution in [0.25, 0.3) is 0 Å². The van der Waals surface area contributed by atoms with Crippen molar-refractivity contribution in [1.82, 2.24) is 5.32 Å². The van der Waals surface area contributed by atoms with Crippen molar-refractivity contribution in [1.29, 1.82) is 0 Å². The summed E-state index contributed by atoms with van der Waals surface area (Å²) in [5.41, 5.74) is 10.6. The van der Waals surface area contributed by atoms with E-state index in [0.29, 0.717) is 19.6 Å². The van der Waals surface area contributed by atoms with Gasteiger partial charge in [-0.15, -0.1) is 0 Å². The first-order valence-electron chi connectivity index (χ1n) is 3.35. The van der Waals surface area contributed by atoms with Crippen molar-refractivity contribution in [3.05, 3.63) is 0 Å². The summed E-state index contributed by atoms with van der Waals surface area (Å²) in [6, 6.07) is -0.383. The lowest BCUT2D eigenvalue weighted by Crippen LogP contribution is -2.40. The fourth-order valence-electron chi connectivity index (χ4n) is 0.503. The molecular formula is C6H15N3O. The highest BCUT2D eigenvalue weighted by molar-refractivity contribution is 5.81. The first kappa shape index (κ1) is 9.55. The highest BCUT2D eigenvalue weighted by atomic mass is 16.1. The number of carbonyl (C=O) groups is 1. The normalized spacial score (nSPS) is 13.1. The van der Waals surface area contributed by atoms with Crippen molar-refractivity contribution in [3.8, 4) is 0 Å². The number of nitrogens with two attached hydrogens (primary N) is 2. The van der Waals surface area contributed by atoms with Crippen molar-refractivity contribution >= 4 is 5.78 Å². The van der Waals surface area contributed by atoms with Gasteiger partial charge in [0.2, 0.25) is 0 Å². The van der Waals surface area contributed by atoms with Gasteiger partial charge in [-0.25, -0.2) is 0 Å². The van der Waals surface area contributed by atoms with Crippen LogP contribution in [0.3, 0.4) is 0 Å². The Morgan fingerprint density at radius 1 is 1.70 bits per heavy atom. The molecule has 0 aliphatic carbocycles. The third-order valence-electron chi connectivity index (χ3n) is 1.21. The number of hydrogen-bond acceptors (Lipinski definition) is 4. The minimum Gasteiger partial charge on any atom is -0.329 e. The maximum absolute atomic E-state index is 10.5. The molecule has 0 aliphatic heterocycles. The summed E-state index contributed by atoms with van der Waals surface area (Å²) in [4.78, 5) is 10.5. The minimum atomic E-state index is -0.383. The van der Waals surface area contributed by atoms with Crippen molar-refractivity contribution < 1.29 is 4.79 Å². The molecule has 4 nitrogen and oxygen atoms in total. The lowest BCUT2D eigenvalue weighted by molar-refractivity contribution is -0.118. The number of hydrogen-bond donors (Lipinski definition) is 3. The quantitative estimate of drug-likeness (QED) is 0.409. The Hall–Kier alpha value is -0.450. The van der Waals surface area contributed by atoms with Crippen molar-refractivity contribution in [2.75, 3.05) is 19.6 Å². The minimum absolute atomic E-state index is 0.00419. The summed E-state index contributed by atoms with van der Waals surface area (Å²) >= 11 is 0. The molecule has 10 heavy (non-hydrogen) atoms. The summed E-state index contributed by atoms with van der Waals surface area (Å²) in [7, 11) is 0. The van der Waals surface area contributed by atoms with Crippen LogP contribution in [0.2, 0.25) is 0 Å². The molecule has 0 saturated carbocycles. The van der Waals surface area contributed by atoms with E-state index in [2.05, 4.69) is 5.32 Å². The largest absolute Gasteiger partial charge is 0.329 e. The molecule has 0 aromatic heterocycles. The Bertz CT molecular complexity index is 105. The van der Waals surface area contributed by atoms with Gasteiger partial charge in [-0.1, -0.05) is 0 Å². The SMILES string of the molecule is CC(=O)C(N)CNCCN. The van der Waals surface area contributed by atoms with Gasteiger partial charge in [0.15, 0.2) is 0 Å². The predicted octanol–water partition coefficient (Wildman–Crippen LogP) is -1.55. The molecule has 0 aromatic rings. The van der Waals surface area contributed by atoms with E-state index in [1.165, 1.54) is 6.92 Å². The van der Waals surface area contributed by atoms with Crippen LogP contribution in [-0.2, 0) is 4.79 Å². The number of ketones is 1. The topological polar surface area (TPSA) is 81.1 Å². The van der Waals surface area contributed by atoms with E-state index in [0.717, 1.165) is 0 Å². The molecule has 0 heterocycles. The lowest BCUT2D eigenvalue weighted by atomic mass is 10.2. The average molecular weight is 145 g/mol. The Kier molecular flexibility index (Phi) is 5.10. The molecule has 0 bridgehead atoms. The first-order valence-corrected chi connectivity index (χ1v) is 3.35. The van der Waals surface area contributed by atoms with Gasteiger partial charge in [-0.3, -0.25) is 4.79 Å². The number of carbonyl (C=O) groups excluding carboxylic acids is 1. The van der Waals surface area contributed by atoms with Crippen LogP contribution in [0, 0.1) is 0 Å². The molecule has 0 radical (unpaired) electrons. The summed E-state index contributed by atoms with van der Waals surface area (Å²) < 4.78 is 0. The Labute approximate surface area is 61.0 Å². The number of Topliss-reactive ketones (excluding diaryl/α,β-unsaturated/α-hetero) is 1. The highest BCUT2D eigenvalue weighted by Crippen LogP contribution is 1.76. The van der Waals surface area contributed by atoms with E-state index in [9.17, 15) is 4.79 Å². The second-order valence-electron chi connectivity index (χ2n) is 2.21. The molecule has 0 aliphatic rings. The van der Waals surface area contributed by atoms with Gasteiger partial charge in [-0.2, -0.15) is 0 Å². The van der Waals surface area contributed by atoms with Crippen LogP contribution < -0.4 is 16.8 Å². The molecule has 60 valence electrons. The molecule has 0 spiro atoms. The van der Waals surface area contributed by atoms with Crippen LogP contribution in [-0.4, -0.2) is 31.5 Å². The van der Waals surface area contributed by atoms with E-state index in [4.69, 9.17) is 11.5 Å². The summed E-state index contributed by atoms with van der Waals surface area (Å²) in [6.45, 7) is 3.28. The third-order valence-corrected chi connectivity index (χ3v) is 1.21. The Morgan fingerprint density at radius 2 is 2.30 bits per heavy atom. The van der Waals surface area contributed by atoms with Gasteiger partial charge < -0.3 is 16.8 Å². The zero-order valence-electron chi connectivity index (χ0n) is 6.26. The second kappa shape index (κ2) is 5.34. The fraction of sp³-hybridized carbons (Fsp3) is 0.833. The van der Waals surface area contributed by atoms with E-state index in [1.807, 2.05) is 0 Å². The van der Waals surface area contributed by atoms with E-state index >= 15 is 0 Å². The first-order chi connectivity index (χ1) is 4.68. The monoisotopic (exact) mass is 145 g/mol. The van der Waals surface area contributed by atoms with Gasteiger partial charge in [0, 0.05) is 19.6 Å². The van der Waals surface area contributed by atoms with Crippen molar-refractivity contribution in [3.63, 3.8) is 0 Å². The van der Waals surface area contributed by atoms with E-state index in [1.54, 1.807) is 0 Å². The zero-order chi connectivity index (χ0) is 7.98. The van der Waals surface area contributed by atoms with E-state index < -0.39 is 0 Å². The predicted molar refractivity (Wildman–Crippen MR) is 40.6 cm³/mol. The molecule has 1 atom stereocenters. The summed E-state index contributed by atoms with van der Waals surface area (Å²) in [6.07, 6.45) is 0. The summed E-state index contributed by atoms with van der Waals surface area (Å²) in [5.74, 6) is 0.00419. The van der Waals surface area contributed by atoms with Crippen molar-refractivity contribution in [2.45, 2.75) is 13.0 Å². The molecule has 4 heteroatoms. The summed E-state index contributed by atoms with van der Waals surface area (Å²) in [5, 5.41) is 2.95. The molecule has 0 rings (SSSR count). The molecule has 0 fully saturated rings. The maximum Gasteiger partial charge on any atom is 0.147 e. The molecule has 1 unspecified atom stereocenters. The van der Waals surface area contributed by atoms with Crippen LogP contribution in [0.1, 0.15) is 6.92 Å². The van der Waals surface area contributed by atoms with Crippen molar-refractivity contribution in [2.24, 2.45) is 11.5 Å². The Morgan fingerprint density at radius 3 is 2.70 bits per heavy atom. The smallest absolute Gasteiger partial charge is 0.147 e. The fourth-order valence-corrected chi connectivity index (χ4v) is 0.503. The standard InChI is InChI=1S/C6H15N3O/c1-5(10)6(8)4-9-3-2-7/h6,9H,2-4,7-8H2,1H3. The van der Waals surface area contributed by atoms with Gasteiger partial charge in [0.25, 0.3) is 0 Å². The third kappa shape index (κ3) is 4.43. The Balaban J connectivity index is 3.21. The molecule has 0 aromatic carbocycles. The molecule has 5 N–H and O–H groups in total. The highest BCUT2D eigenvalue weighted by Gasteiger charge is 2.05. The molecule has 0 amide bonds. The van der Waals surface area contributed by atoms with Gasteiger partial charge >= 0.3 is 0 Å².